The minimum absolute atomic E-state index is 0.0143. The number of carboxylic acid groups (broad SMARTS) is 1. The van der Waals surface area contributed by atoms with Gasteiger partial charge in [0.1, 0.15) is 0 Å². The Hall–Kier alpha value is -2.60. The van der Waals surface area contributed by atoms with Crippen LogP contribution in [0.25, 0.3) is 0 Å². The van der Waals surface area contributed by atoms with Gasteiger partial charge in [-0.2, -0.15) is 0 Å². The van der Waals surface area contributed by atoms with Crippen LogP contribution in [0.5, 0.6) is 0 Å². The van der Waals surface area contributed by atoms with Crippen molar-refractivity contribution in [2.24, 2.45) is 0 Å². The minimum atomic E-state index is -1.47. The number of hydrogen-bond donors (Lipinski definition) is 2. The molecule has 0 saturated carbocycles. The molecule has 0 heterocycles. The second-order valence-electron chi connectivity index (χ2n) is 5.76. The van der Waals surface area contributed by atoms with Crippen LogP contribution in [-0.2, 0) is 15.1 Å². The van der Waals surface area contributed by atoms with Crippen LogP contribution in [0.3, 0.4) is 0 Å². The lowest BCUT2D eigenvalue weighted by molar-refractivity contribution is -0.148. The molecule has 2 aromatic carbocycles. The van der Waals surface area contributed by atoms with E-state index in [4.69, 9.17) is 0 Å². The van der Waals surface area contributed by atoms with E-state index in [1.807, 2.05) is 6.07 Å². The summed E-state index contributed by atoms with van der Waals surface area (Å²) in [5.74, 6) is -1.41. The smallest absolute Gasteiger partial charge is 0.334 e. The van der Waals surface area contributed by atoms with Gasteiger partial charge in [0.15, 0.2) is 11.3 Å². The lowest BCUT2D eigenvalue weighted by atomic mass is 9.87. The van der Waals surface area contributed by atoms with Crippen LogP contribution in [0.1, 0.15) is 29.3 Å². The maximum atomic E-state index is 12.3. The number of carbonyl (C=O) groups excluding carboxylic acids is 2. The Morgan fingerprint density at radius 2 is 1.54 bits per heavy atom. The molecule has 136 valence electrons. The summed E-state index contributed by atoms with van der Waals surface area (Å²) in [6, 6.07) is 17.5. The summed E-state index contributed by atoms with van der Waals surface area (Å²) in [6.07, 6.45) is 0.214. The van der Waals surface area contributed by atoms with Crippen molar-refractivity contribution >= 4 is 29.4 Å². The Balaban J connectivity index is 1.98. The molecule has 0 radical (unpaired) electrons. The number of carboxylic acids is 1. The Morgan fingerprint density at radius 3 is 2.08 bits per heavy atom. The number of amides is 1. The summed E-state index contributed by atoms with van der Waals surface area (Å²) < 4.78 is 0. The summed E-state index contributed by atoms with van der Waals surface area (Å²) in [4.78, 5) is 36.2. The minimum Gasteiger partial charge on any atom is -0.479 e. The van der Waals surface area contributed by atoms with Gasteiger partial charge in [0.25, 0.3) is 0 Å². The largest absolute Gasteiger partial charge is 0.479 e. The highest BCUT2D eigenvalue weighted by Crippen LogP contribution is 2.25. The van der Waals surface area contributed by atoms with Crippen molar-refractivity contribution in [3.05, 3.63) is 71.8 Å². The van der Waals surface area contributed by atoms with E-state index in [1.165, 1.54) is 11.8 Å². The fourth-order valence-corrected chi connectivity index (χ4v) is 3.35. The van der Waals surface area contributed by atoms with Gasteiger partial charge in [-0.1, -0.05) is 67.6 Å². The molecule has 5 nitrogen and oxygen atoms in total. The molecular formula is C20H21NO4S. The maximum absolute atomic E-state index is 12.3. The number of rotatable bonds is 9. The zero-order valence-corrected chi connectivity index (χ0v) is 15.3. The molecule has 1 unspecified atom stereocenters. The molecule has 2 N–H and O–H groups in total. The summed E-state index contributed by atoms with van der Waals surface area (Å²) in [7, 11) is 0. The van der Waals surface area contributed by atoms with Crippen molar-refractivity contribution < 1.29 is 19.5 Å². The van der Waals surface area contributed by atoms with Crippen LogP contribution < -0.4 is 5.32 Å². The molecule has 2 aromatic rings. The van der Waals surface area contributed by atoms with Crippen molar-refractivity contribution in [1.82, 2.24) is 5.32 Å². The molecule has 0 fully saturated rings. The summed E-state index contributed by atoms with van der Waals surface area (Å²) in [5, 5.41) is 12.4. The van der Waals surface area contributed by atoms with Crippen LogP contribution in [0.2, 0.25) is 0 Å². The Labute approximate surface area is 156 Å². The van der Waals surface area contributed by atoms with Crippen molar-refractivity contribution in [2.75, 3.05) is 11.5 Å². The van der Waals surface area contributed by atoms with E-state index < -0.39 is 17.4 Å². The van der Waals surface area contributed by atoms with Gasteiger partial charge >= 0.3 is 5.97 Å². The molecule has 0 aliphatic rings. The first-order chi connectivity index (χ1) is 12.5. The first-order valence-electron chi connectivity index (χ1n) is 8.25. The van der Waals surface area contributed by atoms with Crippen molar-refractivity contribution in [1.29, 1.82) is 0 Å². The molecule has 1 amide bonds. The molecule has 0 spiro atoms. The van der Waals surface area contributed by atoms with Gasteiger partial charge in [0, 0.05) is 5.56 Å². The lowest BCUT2D eigenvalue weighted by Crippen LogP contribution is -2.52. The SMILES string of the molecule is CCC(NC(=O)CSCC(=O)c1ccccc1)(C(=O)O)c1ccccc1. The molecule has 2 rings (SSSR count). The Kier molecular flexibility index (Phi) is 6.97. The highest BCUT2D eigenvalue weighted by atomic mass is 32.2. The molecule has 0 saturated heterocycles. The molecule has 0 bridgehead atoms. The summed E-state index contributed by atoms with van der Waals surface area (Å²) in [5.41, 5.74) is -0.352. The number of thioether (sulfide) groups is 1. The van der Waals surface area contributed by atoms with Gasteiger partial charge in [-0.3, -0.25) is 9.59 Å². The molecule has 1 atom stereocenters. The van der Waals surface area contributed by atoms with Gasteiger partial charge in [0.2, 0.25) is 5.91 Å². The van der Waals surface area contributed by atoms with E-state index in [0.29, 0.717) is 11.1 Å². The first kappa shape index (κ1) is 19.7. The van der Waals surface area contributed by atoms with Crippen LogP contribution in [-0.4, -0.2) is 34.3 Å². The zero-order valence-electron chi connectivity index (χ0n) is 14.5. The standard InChI is InChI=1S/C20H21NO4S/c1-2-20(19(24)25,16-11-7-4-8-12-16)21-18(23)14-26-13-17(22)15-9-5-3-6-10-15/h3-12H,2,13-14H2,1H3,(H,21,23)(H,24,25). The van der Waals surface area contributed by atoms with Crippen LogP contribution >= 0.6 is 11.8 Å². The van der Waals surface area contributed by atoms with E-state index in [-0.39, 0.29) is 23.7 Å². The predicted molar refractivity (Wildman–Crippen MR) is 102 cm³/mol. The second kappa shape index (κ2) is 9.20. The molecule has 0 aliphatic carbocycles. The average molecular weight is 371 g/mol. The van der Waals surface area contributed by atoms with Crippen LogP contribution in [0, 0.1) is 0 Å². The topological polar surface area (TPSA) is 83.5 Å². The highest BCUT2D eigenvalue weighted by molar-refractivity contribution is 8.00. The average Bonchev–Trinajstić information content (AvgIpc) is 2.67. The monoisotopic (exact) mass is 371 g/mol. The third kappa shape index (κ3) is 4.73. The second-order valence-corrected chi connectivity index (χ2v) is 6.75. The summed E-state index contributed by atoms with van der Waals surface area (Å²) in [6.45, 7) is 1.72. The van der Waals surface area contributed by atoms with Crippen molar-refractivity contribution in [3.63, 3.8) is 0 Å². The van der Waals surface area contributed by atoms with Gasteiger partial charge in [-0.25, -0.2) is 4.79 Å². The number of carbonyl (C=O) groups is 3. The molecule has 0 aliphatic heterocycles. The number of nitrogens with one attached hydrogen (secondary N) is 1. The van der Waals surface area contributed by atoms with E-state index in [1.54, 1.807) is 61.5 Å². The Bertz CT molecular complexity index is 764. The van der Waals surface area contributed by atoms with Crippen LogP contribution in [0.4, 0.5) is 0 Å². The number of ketones is 1. The third-order valence-corrected chi connectivity index (χ3v) is 5.01. The Morgan fingerprint density at radius 1 is 0.962 bits per heavy atom. The van der Waals surface area contributed by atoms with Gasteiger partial charge in [-0.05, 0) is 12.0 Å². The summed E-state index contributed by atoms with van der Waals surface area (Å²) >= 11 is 1.17. The van der Waals surface area contributed by atoms with E-state index in [2.05, 4.69) is 5.32 Å². The van der Waals surface area contributed by atoms with Gasteiger partial charge in [-0.15, -0.1) is 11.8 Å². The number of benzene rings is 2. The van der Waals surface area contributed by atoms with Crippen molar-refractivity contribution in [2.45, 2.75) is 18.9 Å². The van der Waals surface area contributed by atoms with Crippen LogP contribution in [0.15, 0.2) is 60.7 Å². The predicted octanol–water partition coefficient (Wildman–Crippen LogP) is 3.11. The van der Waals surface area contributed by atoms with E-state index in [9.17, 15) is 19.5 Å². The van der Waals surface area contributed by atoms with Crippen molar-refractivity contribution in [3.8, 4) is 0 Å². The fourth-order valence-electron chi connectivity index (χ4n) is 2.63. The molecule has 26 heavy (non-hydrogen) atoms. The number of aliphatic carboxylic acids is 1. The number of Topliss-reactive ketones (excluding diaryl/α,β-unsaturated/α-hetero) is 1. The zero-order chi connectivity index (χ0) is 19.0. The number of hydrogen-bond acceptors (Lipinski definition) is 4. The van der Waals surface area contributed by atoms with Gasteiger partial charge < -0.3 is 10.4 Å². The quantitative estimate of drug-likeness (QED) is 0.662. The van der Waals surface area contributed by atoms with Gasteiger partial charge in [0.05, 0.1) is 11.5 Å². The normalized spacial score (nSPS) is 12.8. The molecule has 0 aromatic heterocycles. The molecule has 6 heteroatoms. The fraction of sp³-hybridized carbons (Fsp3) is 0.250. The highest BCUT2D eigenvalue weighted by Gasteiger charge is 2.40. The first-order valence-corrected chi connectivity index (χ1v) is 9.41. The lowest BCUT2D eigenvalue weighted by Gasteiger charge is -2.30. The maximum Gasteiger partial charge on any atom is 0.334 e. The van der Waals surface area contributed by atoms with E-state index in [0.717, 1.165) is 0 Å². The van der Waals surface area contributed by atoms with E-state index >= 15 is 0 Å². The molecular weight excluding hydrogens is 350 g/mol. The third-order valence-electron chi connectivity index (χ3n) is 4.08.